The van der Waals surface area contributed by atoms with Crippen molar-refractivity contribution >= 4 is 28.7 Å². The second-order valence-corrected chi connectivity index (χ2v) is 6.08. The molecule has 2 aromatic rings. The van der Waals surface area contributed by atoms with Crippen LogP contribution in [0.2, 0.25) is 0 Å². The fourth-order valence-corrected chi connectivity index (χ4v) is 2.66. The first-order valence-corrected chi connectivity index (χ1v) is 8.70. The molecule has 0 heterocycles. The summed E-state index contributed by atoms with van der Waals surface area (Å²) in [5, 5.41) is 7.01. The van der Waals surface area contributed by atoms with Gasteiger partial charge in [0.25, 0.3) is 0 Å². The molecule has 0 radical (unpaired) electrons. The van der Waals surface area contributed by atoms with E-state index in [2.05, 4.69) is 46.0 Å². The van der Waals surface area contributed by atoms with Crippen molar-refractivity contribution < 1.29 is 0 Å². The van der Waals surface area contributed by atoms with Gasteiger partial charge in [-0.25, -0.2) is 0 Å². The van der Waals surface area contributed by atoms with Crippen LogP contribution in [-0.2, 0) is 12.8 Å². The van der Waals surface area contributed by atoms with E-state index in [1.54, 1.807) is 6.20 Å². The van der Waals surface area contributed by atoms with Gasteiger partial charge in [-0.1, -0.05) is 41.9 Å². The number of anilines is 2. The van der Waals surface area contributed by atoms with Crippen LogP contribution in [0.5, 0.6) is 0 Å². The van der Waals surface area contributed by atoms with E-state index < -0.39 is 0 Å². The Hall–Kier alpha value is -2.30. The lowest BCUT2D eigenvalue weighted by Gasteiger charge is -2.10. The first-order chi connectivity index (χ1) is 12.1. The van der Waals surface area contributed by atoms with Crippen molar-refractivity contribution in [2.24, 2.45) is 10.7 Å². The fourth-order valence-electron chi connectivity index (χ4n) is 2.54. The Labute approximate surface area is 154 Å². The molecule has 0 aliphatic heterocycles. The minimum atomic E-state index is 0.236. The largest absolute Gasteiger partial charge is 0.388 e. The van der Waals surface area contributed by atoms with Crippen LogP contribution in [0.1, 0.15) is 18.1 Å². The van der Waals surface area contributed by atoms with E-state index >= 15 is 0 Å². The summed E-state index contributed by atoms with van der Waals surface area (Å²) < 4.78 is 0. The van der Waals surface area contributed by atoms with Gasteiger partial charge < -0.3 is 16.4 Å². The lowest BCUT2D eigenvalue weighted by atomic mass is 10.0. The molecule has 0 aliphatic carbocycles. The summed E-state index contributed by atoms with van der Waals surface area (Å²) in [6, 6.07) is 16.7. The molecular weight excluding hydrogens is 332 g/mol. The number of nitrogens with zero attached hydrogens (tertiary/aromatic N) is 1. The molecule has 4 nitrogen and oxygen atoms in total. The number of nitrogens with one attached hydrogen (secondary N) is 2. The SMILES string of the molecule is CNc1ccccc1CCc1cccc(N/C=C(Cl)\C(C)=N/CN)c1. The summed E-state index contributed by atoms with van der Waals surface area (Å²) in [6.07, 6.45) is 3.70. The second kappa shape index (κ2) is 9.87. The molecule has 4 N–H and O–H groups in total. The summed E-state index contributed by atoms with van der Waals surface area (Å²) in [7, 11) is 1.95. The highest BCUT2D eigenvalue weighted by atomic mass is 35.5. The van der Waals surface area contributed by atoms with Crippen LogP contribution in [0.4, 0.5) is 11.4 Å². The quantitative estimate of drug-likeness (QED) is 0.615. The molecule has 25 heavy (non-hydrogen) atoms. The molecule has 5 heteroatoms. The van der Waals surface area contributed by atoms with Crippen LogP contribution in [0.25, 0.3) is 0 Å². The molecule has 0 aromatic heterocycles. The van der Waals surface area contributed by atoms with Crippen LogP contribution in [0.15, 0.2) is 64.8 Å². The third-order valence-electron chi connectivity index (χ3n) is 3.94. The third kappa shape index (κ3) is 5.93. The third-order valence-corrected chi connectivity index (χ3v) is 4.32. The molecule has 2 aromatic carbocycles. The molecule has 0 amide bonds. The van der Waals surface area contributed by atoms with Crippen molar-refractivity contribution in [3.63, 3.8) is 0 Å². The number of allylic oxidation sites excluding steroid dienone is 1. The Kier molecular flexibility index (Phi) is 7.51. The van der Waals surface area contributed by atoms with E-state index in [0.29, 0.717) is 5.03 Å². The van der Waals surface area contributed by atoms with Crippen LogP contribution >= 0.6 is 11.6 Å². The van der Waals surface area contributed by atoms with Crippen molar-refractivity contribution in [3.05, 3.63) is 70.9 Å². The van der Waals surface area contributed by atoms with Gasteiger partial charge in [0.15, 0.2) is 0 Å². The van der Waals surface area contributed by atoms with Crippen LogP contribution < -0.4 is 16.4 Å². The standard InChI is InChI=1S/C20H25ClN4/c1-15(25-14-22)19(21)13-24-18-8-5-6-16(12-18)10-11-17-7-3-4-9-20(17)23-2/h3-9,12-13,23-24H,10-11,14,22H2,1-2H3/b19-13+,25-15-. The fraction of sp³-hybridized carbons (Fsp3) is 0.250. The van der Waals surface area contributed by atoms with Gasteiger partial charge >= 0.3 is 0 Å². The number of nitrogens with two attached hydrogens (primary N) is 1. The predicted molar refractivity (Wildman–Crippen MR) is 110 cm³/mol. The summed E-state index contributed by atoms with van der Waals surface area (Å²) in [4.78, 5) is 4.08. The lowest BCUT2D eigenvalue weighted by Crippen LogP contribution is -2.02. The number of para-hydroxylation sites is 1. The Morgan fingerprint density at radius 1 is 1.16 bits per heavy atom. The molecule has 0 saturated heterocycles. The number of rotatable bonds is 8. The van der Waals surface area contributed by atoms with Crippen LogP contribution in [0.3, 0.4) is 0 Å². The van der Waals surface area contributed by atoms with Gasteiger partial charge in [-0.3, -0.25) is 4.99 Å². The summed E-state index contributed by atoms with van der Waals surface area (Å²) in [5.74, 6) is 0. The molecule has 132 valence electrons. The number of aliphatic imine (C=N–C) groups is 1. The van der Waals surface area contributed by atoms with Crippen molar-refractivity contribution in [2.45, 2.75) is 19.8 Å². The Morgan fingerprint density at radius 2 is 1.96 bits per heavy atom. The van der Waals surface area contributed by atoms with Gasteiger partial charge in [-0.2, -0.15) is 0 Å². The molecular formula is C20H25ClN4. The first kappa shape index (κ1) is 19.0. The van der Waals surface area contributed by atoms with Crippen molar-refractivity contribution in [2.75, 3.05) is 24.3 Å². The summed E-state index contributed by atoms with van der Waals surface area (Å²) in [5.41, 5.74) is 10.9. The second-order valence-electron chi connectivity index (χ2n) is 5.67. The van der Waals surface area contributed by atoms with Crippen LogP contribution in [0, 0.1) is 0 Å². The van der Waals surface area contributed by atoms with Gasteiger partial charge in [0.1, 0.15) is 0 Å². The maximum Gasteiger partial charge on any atom is 0.0863 e. The Morgan fingerprint density at radius 3 is 2.72 bits per heavy atom. The minimum absolute atomic E-state index is 0.236. The summed E-state index contributed by atoms with van der Waals surface area (Å²) in [6.45, 7) is 2.07. The van der Waals surface area contributed by atoms with Crippen LogP contribution in [-0.4, -0.2) is 19.4 Å². The average molecular weight is 357 g/mol. The first-order valence-electron chi connectivity index (χ1n) is 8.32. The number of halogens is 1. The van der Waals surface area contributed by atoms with Gasteiger partial charge in [-0.15, -0.1) is 0 Å². The zero-order valence-corrected chi connectivity index (χ0v) is 15.5. The van der Waals surface area contributed by atoms with Gasteiger partial charge in [-0.05, 0) is 49.1 Å². The minimum Gasteiger partial charge on any atom is -0.388 e. The molecule has 0 unspecified atom stereocenters. The van der Waals surface area contributed by atoms with Gasteiger partial charge in [0, 0.05) is 24.6 Å². The van der Waals surface area contributed by atoms with E-state index in [1.165, 1.54) is 16.8 Å². The maximum atomic E-state index is 6.18. The highest BCUT2D eigenvalue weighted by Gasteiger charge is 2.02. The lowest BCUT2D eigenvalue weighted by molar-refractivity contribution is 0.961. The van der Waals surface area contributed by atoms with Crippen molar-refractivity contribution in [3.8, 4) is 0 Å². The molecule has 0 saturated carbocycles. The van der Waals surface area contributed by atoms with E-state index in [-0.39, 0.29) is 6.67 Å². The van der Waals surface area contributed by atoms with Crippen molar-refractivity contribution in [1.82, 2.24) is 0 Å². The number of aryl methyl sites for hydroxylation is 2. The molecule has 0 bridgehead atoms. The summed E-state index contributed by atoms with van der Waals surface area (Å²) >= 11 is 6.18. The number of hydrogen-bond acceptors (Lipinski definition) is 4. The van der Waals surface area contributed by atoms with E-state index in [0.717, 1.165) is 24.2 Å². The van der Waals surface area contributed by atoms with E-state index in [1.807, 2.05) is 32.2 Å². The smallest absolute Gasteiger partial charge is 0.0863 e. The normalized spacial score (nSPS) is 12.2. The van der Waals surface area contributed by atoms with Crippen molar-refractivity contribution in [1.29, 1.82) is 0 Å². The Bertz CT molecular complexity index is 753. The predicted octanol–water partition coefficient (Wildman–Crippen LogP) is 4.38. The highest BCUT2D eigenvalue weighted by Crippen LogP contribution is 2.18. The van der Waals surface area contributed by atoms with E-state index in [9.17, 15) is 0 Å². The highest BCUT2D eigenvalue weighted by molar-refractivity contribution is 6.43. The Balaban J connectivity index is 2.01. The zero-order valence-electron chi connectivity index (χ0n) is 14.7. The van der Waals surface area contributed by atoms with Gasteiger partial charge in [0.2, 0.25) is 0 Å². The molecule has 0 spiro atoms. The zero-order chi connectivity index (χ0) is 18.1. The molecule has 0 aliphatic rings. The maximum absolute atomic E-state index is 6.18. The average Bonchev–Trinajstić information content (AvgIpc) is 2.65. The van der Waals surface area contributed by atoms with Gasteiger partial charge in [0.05, 0.1) is 17.4 Å². The number of hydrogen-bond donors (Lipinski definition) is 3. The monoisotopic (exact) mass is 356 g/mol. The molecule has 0 fully saturated rings. The molecule has 0 atom stereocenters. The van der Waals surface area contributed by atoms with E-state index in [4.69, 9.17) is 17.3 Å². The topological polar surface area (TPSA) is 62.4 Å². The number of benzene rings is 2. The molecule has 2 rings (SSSR count).